The lowest BCUT2D eigenvalue weighted by atomic mass is 10.1. The molecule has 0 unspecified atom stereocenters. The molecule has 24 heavy (non-hydrogen) atoms. The number of rotatable bonds is 3. The van der Waals surface area contributed by atoms with Gasteiger partial charge in [0.05, 0.1) is 10.6 Å². The van der Waals surface area contributed by atoms with E-state index in [-0.39, 0.29) is 23.4 Å². The van der Waals surface area contributed by atoms with E-state index in [1.54, 1.807) is 18.2 Å². The molecule has 0 spiro atoms. The zero-order chi connectivity index (χ0) is 16.7. The predicted molar refractivity (Wildman–Crippen MR) is 92.5 cm³/mol. The van der Waals surface area contributed by atoms with E-state index in [1.165, 1.54) is 4.31 Å². The van der Waals surface area contributed by atoms with Gasteiger partial charge in [0.2, 0.25) is 5.91 Å². The molecule has 126 valence electrons. The number of nitrogens with zero attached hydrogens (tertiary/aromatic N) is 1. The Labute approximate surface area is 140 Å². The third-order valence-corrected chi connectivity index (χ3v) is 6.47. The Morgan fingerprint density at radius 2 is 1.88 bits per heavy atom. The summed E-state index contributed by atoms with van der Waals surface area (Å²) in [6.07, 6.45) is 1.74. The van der Waals surface area contributed by atoms with Crippen molar-refractivity contribution in [1.29, 1.82) is 0 Å². The van der Waals surface area contributed by atoms with Crippen LogP contribution in [0, 0.1) is 0 Å². The van der Waals surface area contributed by atoms with Crippen LogP contribution in [-0.4, -0.2) is 40.0 Å². The first-order valence-electron chi connectivity index (χ1n) is 8.12. The van der Waals surface area contributed by atoms with Gasteiger partial charge in [0.25, 0.3) is 10.0 Å². The Morgan fingerprint density at radius 1 is 1.17 bits per heavy atom. The lowest BCUT2D eigenvalue weighted by Gasteiger charge is -2.25. The van der Waals surface area contributed by atoms with E-state index in [0.29, 0.717) is 11.1 Å². The molecule has 0 bridgehead atoms. The fourth-order valence-corrected chi connectivity index (χ4v) is 5.17. The maximum absolute atomic E-state index is 12.8. The van der Waals surface area contributed by atoms with Crippen LogP contribution in [0.4, 0.5) is 5.69 Å². The molecule has 0 aromatic heterocycles. The quantitative estimate of drug-likeness (QED) is 0.877. The van der Waals surface area contributed by atoms with E-state index in [9.17, 15) is 13.2 Å². The summed E-state index contributed by atoms with van der Waals surface area (Å²) >= 11 is 0. The Bertz CT molecular complexity index is 899. The number of nitrogens with one attached hydrogen (secondary N) is 2. The van der Waals surface area contributed by atoms with Gasteiger partial charge in [-0.05, 0) is 43.5 Å². The van der Waals surface area contributed by atoms with Crippen molar-refractivity contribution in [3.63, 3.8) is 0 Å². The lowest BCUT2D eigenvalue weighted by Crippen LogP contribution is -2.47. The van der Waals surface area contributed by atoms with Crippen LogP contribution in [0.3, 0.4) is 0 Å². The van der Waals surface area contributed by atoms with Gasteiger partial charge in [0.1, 0.15) is 6.54 Å². The molecule has 0 atom stereocenters. The third kappa shape index (κ3) is 2.44. The summed E-state index contributed by atoms with van der Waals surface area (Å²) in [7, 11) is -3.67. The highest BCUT2D eigenvalue weighted by atomic mass is 32.2. The van der Waals surface area contributed by atoms with Crippen LogP contribution in [0.15, 0.2) is 41.3 Å². The van der Waals surface area contributed by atoms with Gasteiger partial charge in [-0.3, -0.25) is 9.10 Å². The maximum Gasteiger partial charge on any atom is 0.265 e. The summed E-state index contributed by atoms with van der Waals surface area (Å²) < 4.78 is 26.9. The van der Waals surface area contributed by atoms with E-state index in [4.69, 9.17) is 0 Å². The molecule has 6 nitrogen and oxygen atoms in total. The topological polar surface area (TPSA) is 78.5 Å². The first-order chi connectivity index (χ1) is 11.6. The normalized spacial score (nSPS) is 19.6. The summed E-state index contributed by atoms with van der Waals surface area (Å²) in [5.74, 6) is -0.254. The van der Waals surface area contributed by atoms with Gasteiger partial charge >= 0.3 is 0 Å². The molecule has 2 aliphatic rings. The largest absolute Gasteiger partial charge is 0.352 e. The van der Waals surface area contributed by atoms with Crippen molar-refractivity contribution >= 4 is 32.4 Å². The molecule has 1 amide bonds. The van der Waals surface area contributed by atoms with Gasteiger partial charge in [0.15, 0.2) is 0 Å². The number of carbonyl (C=O) groups excluding carboxylic acids is 1. The zero-order valence-electron chi connectivity index (χ0n) is 13.2. The highest BCUT2D eigenvalue weighted by molar-refractivity contribution is 7.93. The molecule has 0 saturated carbocycles. The van der Waals surface area contributed by atoms with E-state index in [2.05, 4.69) is 10.6 Å². The number of piperidine rings is 1. The number of hydrogen-bond acceptors (Lipinski definition) is 4. The zero-order valence-corrected chi connectivity index (χ0v) is 14.0. The second-order valence-corrected chi connectivity index (χ2v) is 8.07. The first-order valence-corrected chi connectivity index (χ1v) is 9.56. The summed E-state index contributed by atoms with van der Waals surface area (Å²) in [4.78, 5) is 12.7. The van der Waals surface area contributed by atoms with Crippen molar-refractivity contribution in [2.45, 2.75) is 23.8 Å². The van der Waals surface area contributed by atoms with Gasteiger partial charge in [-0.1, -0.05) is 24.3 Å². The van der Waals surface area contributed by atoms with E-state index in [0.717, 1.165) is 31.3 Å². The molecular weight excluding hydrogens is 326 g/mol. The fraction of sp³-hybridized carbons (Fsp3) is 0.353. The molecule has 2 N–H and O–H groups in total. The average molecular weight is 345 g/mol. The maximum atomic E-state index is 12.8. The van der Waals surface area contributed by atoms with Gasteiger partial charge in [-0.25, -0.2) is 8.42 Å². The molecule has 2 aromatic rings. The molecule has 2 aliphatic heterocycles. The molecule has 1 fully saturated rings. The number of amides is 1. The van der Waals surface area contributed by atoms with E-state index < -0.39 is 10.0 Å². The molecule has 0 aliphatic carbocycles. The highest BCUT2D eigenvalue weighted by Gasteiger charge is 2.36. The lowest BCUT2D eigenvalue weighted by molar-refractivity contribution is -0.120. The van der Waals surface area contributed by atoms with Crippen LogP contribution in [0.1, 0.15) is 12.8 Å². The molecule has 0 radical (unpaired) electrons. The minimum atomic E-state index is -3.67. The summed E-state index contributed by atoms with van der Waals surface area (Å²) in [6.45, 7) is 1.56. The number of benzene rings is 2. The van der Waals surface area contributed by atoms with Gasteiger partial charge in [-0.15, -0.1) is 0 Å². The second kappa shape index (κ2) is 5.75. The minimum absolute atomic E-state index is 0.113. The monoisotopic (exact) mass is 345 g/mol. The Balaban J connectivity index is 1.62. The van der Waals surface area contributed by atoms with Crippen LogP contribution in [0.2, 0.25) is 0 Å². The van der Waals surface area contributed by atoms with Crippen molar-refractivity contribution in [3.05, 3.63) is 36.4 Å². The van der Waals surface area contributed by atoms with Crippen LogP contribution >= 0.6 is 0 Å². The Hall–Kier alpha value is -2.12. The van der Waals surface area contributed by atoms with Gasteiger partial charge in [-0.2, -0.15) is 0 Å². The SMILES string of the molecule is O=C(CN1c2cccc3cccc(c23)S1(=O)=O)NC1CCNCC1. The van der Waals surface area contributed by atoms with Crippen molar-refractivity contribution in [2.24, 2.45) is 0 Å². The second-order valence-electron chi connectivity index (χ2n) is 6.23. The van der Waals surface area contributed by atoms with Gasteiger partial charge in [0, 0.05) is 11.4 Å². The predicted octanol–water partition coefficient (Wildman–Crippen LogP) is 1.22. The summed E-state index contributed by atoms with van der Waals surface area (Å²) in [6, 6.07) is 10.8. The molecule has 4 rings (SSSR count). The number of sulfonamides is 1. The number of hydrogen-bond donors (Lipinski definition) is 2. The van der Waals surface area contributed by atoms with Crippen molar-refractivity contribution < 1.29 is 13.2 Å². The highest BCUT2D eigenvalue weighted by Crippen LogP contribution is 2.41. The molecule has 2 aromatic carbocycles. The Kier molecular flexibility index (Phi) is 3.69. The fourth-order valence-electron chi connectivity index (χ4n) is 3.50. The first kappa shape index (κ1) is 15.4. The molecule has 7 heteroatoms. The number of anilines is 1. The van der Waals surface area contributed by atoms with E-state index >= 15 is 0 Å². The van der Waals surface area contributed by atoms with Crippen LogP contribution in [0.25, 0.3) is 10.8 Å². The number of carbonyl (C=O) groups is 1. The minimum Gasteiger partial charge on any atom is -0.352 e. The molecule has 1 saturated heterocycles. The Morgan fingerprint density at radius 3 is 2.62 bits per heavy atom. The van der Waals surface area contributed by atoms with E-state index in [1.807, 2.05) is 18.2 Å². The smallest absolute Gasteiger partial charge is 0.265 e. The summed E-state index contributed by atoms with van der Waals surface area (Å²) in [5, 5.41) is 7.77. The van der Waals surface area contributed by atoms with Crippen molar-refractivity contribution in [3.8, 4) is 0 Å². The molecule has 2 heterocycles. The summed E-state index contributed by atoms with van der Waals surface area (Å²) in [5.41, 5.74) is 0.587. The van der Waals surface area contributed by atoms with Crippen LogP contribution in [-0.2, 0) is 14.8 Å². The van der Waals surface area contributed by atoms with Crippen molar-refractivity contribution in [2.75, 3.05) is 23.9 Å². The van der Waals surface area contributed by atoms with Crippen LogP contribution in [0.5, 0.6) is 0 Å². The average Bonchev–Trinajstić information content (AvgIpc) is 2.79. The standard InChI is InChI=1S/C17H19N3O3S/c21-16(19-13-7-9-18-10-8-13)11-20-14-5-1-3-12-4-2-6-15(17(12)14)24(20,22)23/h1-6,13,18H,7-11H2,(H,19,21). The third-order valence-electron chi connectivity index (χ3n) is 4.67. The van der Waals surface area contributed by atoms with Crippen LogP contribution < -0.4 is 14.9 Å². The van der Waals surface area contributed by atoms with Gasteiger partial charge < -0.3 is 10.6 Å². The van der Waals surface area contributed by atoms with Crippen molar-refractivity contribution in [1.82, 2.24) is 10.6 Å². The molecular formula is C17H19N3O3S.